The highest BCUT2D eigenvalue weighted by Crippen LogP contribution is 2.40. The molecule has 312 valence electrons. The van der Waals surface area contributed by atoms with Crippen molar-refractivity contribution in [2.24, 2.45) is 0 Å². The minimum absolute atomic E-state index is 0.184. The largest absolute Gasteiger partial charge is 0.498 e. The van der Waals surface area contributed by atoms with Gasteiger partial charge in [-0.3, -0.25) is 0 Å². The number of hydrogen-bond donors (Lipinski definition) is 0. The van der Waals surface area contributed by atoms with Gasteiger partial charge in [-0.1, -0.05) is 187 Å². The maximum absolute atomic E-state index is 11.7. The Bertz CT molecular complexity index is 2200. The number of ether oxygens (including phenoxy) is 4. The molecule has 0 heterocycles. The van der Waals surface area contributed by atoms with Crippen molar-refractivity contribution in [3.05, 3.63) is 223 Å². The van der Waals surface area contributed by atoms with Crippen molar-refractivity contribution in [3.63, 3.8) is 0 Å². The van der Waals surface area contributed by atoms with Crippen LogP contribution in [0.25, 0.3) is 10.0 Å². The highest BCUT2D eigenvalue weighted by atomic mass is 16.5. The molecule has 0 aliphatic heterocycles. The molecule has 0 saturated carbocycles. The van der Waals surface area contributed by atoms with E-state index >= 15 is 0 Å². The molecule has 0 fully saturated rings. The highest BCUT2D eigenvalue weighted by molar-refractivity contribution is 5.50. The Labute approximate surface area is 360 Å². The van der Waals surface area contributed by atoms with Crippen LogP contribution in [0.15, 0.2) is 158 Å². The fraction of sp³-hybridized carbons (Fsp3) is 0.283. The second-order valence-corrected chi connectivity index (χ2v) is 16.1. The Morgan fingerprint density at radius 3 is 1.03 bits per heavy atom. The molecule has 0 saturated heterocycles. The molecule has 0 atom stereocenters. The average Bonchev–Trinajstić information content (AvgIpc) is 3.29. The predicted molar refractivity (Wildman–Crippen MR) is 245 cm³/mol. The molecule has 6 aromatic rings. The van der Waals surface area contributed by atoms with Gasteiger partial charge >= 0.3 is 12.1 Å². The molecule has 61 heavy (non-hydrogen) atoms. The van der Waals surface area contributed by atoms with Gasteiger partial charge in [0.2, 0.25) is 0 Å². The zero-order valence-corrected chi connectivity index (χ0v) is 35.8. The van der Waals surface area contributed by atoms with E-state index in [2.05, 4.69) is 88.0 Å². The van der Waals surface area contributed by atoms with Crippen molar-refractivity contribution in [1.82, 2.24) is 0 Å². The number of benzene rings is 6. The third-order valence-electron chi connectivity index (χ3n) is 11.2. The Hall–Kier alpha value is -6.58. The summed E-state index contributed by atoms with van der Waals surface area (Å²) >= 11 is 0. The topological polar surface area (TPSA) is 91.8 Å². The van der Waals surface area contributed by atoms with Gasteiger partial charge in [-0.2, -0.15) is 0 Å². The van der Waals surface area contributed by atoms with Gasteiger partial charge in [0, 0.05) is 37.7 Å². The predicted octanol–water partition coefficient (Wildman–Crippen LogP) is 12.6. The third-order valence-corrected chi connectivity index (χ3v) is 11.2. The molecule has 0 radical (unpaired) electrons. The summed E-state index contributed by atoms with van der Waals surface area (Å²) in [5.41, 5.74) is 4.55. The van der Waals surface area contributed by atoms with Gasteiger partial charge in [-0.25, -0.2) is 0 Å². The Balaban J connectivity index is 1.17. The van der Waals surface area contributed by atoms with Gasteiger partial charge in [0.1, 0.15) is 24.7 Å². The number of hydrogen-bond acceptors (Lipinski definition) is 6. The first kappa shape index (κ1) is 44.0. The molecule has 8 heteroatoms. The molecule has 0 amide bonds. The van der Waals surface area contributed by atoms with Crippen LogP contribution < -0.4 is 9.47 Å². The van der Waals surface area contributed by atoms with Crippen LogP contribution in [0.2, 0.25) is 0 Å². The van der Waals surface area contributed by atoms with Gasteiger partial charge in [0.15, 0.2) is 0 Å². The number of nitrogens with zero attached hydrogens (tertiary/aromatic N) is 2. The summed E-state index contributed by atoms with van der Waals surface area (Å²) in [5, 5.41) is 29.6. The lowest BCUT2D eigenvalue weighted by Gasteiger charge is -2.29. The molecule has 0 aromatic heterocycles. The van der Waals surface area contributed by atoms with Crippen LogP contribution >= 0.6 is 0 Å². The average molecular weight is 815 g/mol. The van der Waals surface area contributed by atoms with Crippen LogP contribution in [0.3, 0.4) is 0 Å². The lowest BCUT2D eigenvalue weighted by molar-refractivity contribution is 0.00911. The van der Waals surface area contributed by atoms with Crippen LogP contribution in [-0.2, 0) is 26.1 Å². The Morgan fingerprint density at radius 1 is 0.443 bits per heavy atom. The summed E-state index contributed by atoms with van der Waals surface area (Å²) in [6.45, 7) is 14.0. The van der Waals surface area contributed by atoms with Crippen LogP contribution in [0.4, 0.5) is 0 Å². The van der Waals surface area contributed by atoms with Gasteiger partial charge < -0.3 is 29.4 Å². The molecule has 0 aliphatic rings. The summed E-state index contributed by atoms with van der Waals surface area (Å²) in [6.07, 6.45) is 0. The zero-order chi connectivity index (χ0) is 43.3. The molecule has 0 bridgehead atoms. The minimum atomic E-state index is -1.28. The molecule has 6 rings (SSSR count). The van der Waals surface area contributed by atoms with E-state index in [0.29, 0.717) is 0 Å². The van der Waals surface area contributed by atoms with Crippen LogP contribution in [0.1, 0.15) is 97.9 Å². The van der Waals surface area contributed by atoms with Gasteiger partial charge in [-0.15, -0.1) is 0 Å². The fourth-order valence-electron chi connectivity index (χ4n) is 7.71. The van der Waals surface area contributed by atoms with E-state index in [1.807, 2.05) is 133 Å². The molecule has 0 spiro atoms. The first-order valence-corrected chi connectivity index (χ1v) is 20.8. The van der Waals surface area contributed by atoms with Crippen LogP contribution in [0, 0.1) is 22.6 Å². The van der Waals surface area contributed by atoms with Crippen molar-refractivity contribution < 1.29 is 18.9 Å². The van der Waals surface area contributed by atoms with E-state index in [1.54, 1.807) is 0 Å². The smallest absolute Gasteiger partial charge is 0.344 e. The maximum Gasteiger partial charge on any atom is 0.344 e. The maximum atomic E-state index is 11.7. The van der Waals surface area contributed by atoms with E-state index in [4.69, 9.17) is 18.9 Å². The normalized spacial score (nSPS) is 11.7. The Morgan fingerprint density at radius 2 is 0.754 bits per heavy atom. The van der Waals surface area contributed by atoms with E-state index in [-0.39, 0.29) is 43.7 Å². The summed E-state index contributed by atoms with van der Waals surface area (Å²) in [4.78, 5) is 0. The fourth-order valence-corrected chi connectivity index (χ4v) is 7.71. The Kier molecular flexibility index (Phi) is 14.5. The van der Waals surface area contributed by atoms with Crippen molar-refractivity contribution in [2.75, 3.05) is 26.4 Å². The van der Waals surface area contributed by atoms with Gasteiger partial charge in [0.05, 0.1) is 13.2 Å². The molecule has 0 unspecified atom stereocenters. The molecule has 0 aliphatic carbocycles. The van der Waals surface area contributed by atoms with Crippen molar-refractivity contribution in [1.29, 1.82) is 0 Å². The SMILES string of the molecule is CC(C)c1cc(C(C)(C)c2ccc(OCCOC(C#[N+][O-])(c3ccccc3)c3ccccc3)c(C(C)C)c2)ccc1OCCOC(C#[N+][O-])(c1ccccc1)c1ccccc1. The third kappa shape index (κ3) is 9.90. The molecule has 8 nitrogen and oxygen atoms in total. The molecule has 0 N–H and O–H groups in total. The quantitative estimate of drug-likeness (QED) is 0.0634. The van der Waals surface area contributed by atoms with E-state index in [9.17, 15) is 10.4 Å². The van der Waals surface area contributed by atoms with Gasteiger partial charge in [-0.05, 0) is 46.2 Å². The minimum Gasteiger partial charge on any atom is -0.498 e. The van der Waals surface area contributed by atoms with Crippen molar-refractivity contribution >= 4 is 0 Å². The first-order chi connectivity index (χ1) is 29.6. The summed E-state index contributed by atoms with van der Waals surface area (Å²) in [5.74, 6) is 1.93. The first-order valence-electron chi connectivity index (χ1n) is 20.8. The van der Waals surface area contributed by atoms with Crippen molar-refractivity contribution in [2.45, 2.75) is 70.0 Å². The van der Waals surface area contributed by atoms with E-state index < -0.39 is 11.2 Å². The molecule has 6 aromatic carbocycles. The number of rotatable bonds is 18. The lowest BCUT2D eigenvalue weighted by Crippen LogP contribution is -2.31. The van der Waals surface area contributed by atoms with E-state index in [0.717, 1.165) is 56.0 Å². The van der Waals surface area contributed by atoms with Crippen LogP contribution in [-0.4, -0.2) is 26.4 Å². The summed E-state index contributed by atoms with van der Waals surface area (Å²) in [6, 6.07) is 56.3. The van der Waals surface area contributed by atoms with Crippen molar-refractivity contribution in [3.8, 4) is 23.6 Å². The molecular formula is C53H54N2O6. The molecular weight excluding hydrogens is 761 g/mol. The monoisotopic (exact) mass is 814 g/mol. The standard InChI is InChI=1S/C53H54N2O6/c1-39(2)47-35-45(27-29-49(47)58-31-33-60-52(37-54-56,41-19-11-7-12-20-41)42-21-13-8-14-22-42)51(5,6)46-28-30-50(48(36-46)40(3)4)59-32-34-61-53(38-55-57,43-23-15-9-16-24-43)44-25-17-10-18-26-44/h7-30,35-36,39-40H,31-34H2,1-6H3. The summed E-state index contributed by atoms with van der Waals surface area (Å²) in [7, 11) is 0. The second kappa shape index (κ2) is 20.1. The van der Waals surface area contributed by atoms with E-state index in [1.165, 1.54) is 0 Å². The summed E-state index contributed by atoms with van der Waals surface area (Å²) < 4.78 is 25.7. The van der Waals surface area contributed by atoms with Gasteiger partial charge in [0.25, 0.3) is 11.2 Å². The highest BCUT2D eigenvalue weighted by Gasteiger charge is 2.41. The second-order valence-electron chi connectivity index (χ2n) is 16.1. The van der Waals surface area contributed by atoms with Crippen LogP contribution in [0.5, 0.6) is 11.5 Å². The zero-order valence-electron chi connectivity index (χ0n) is 35.8. The lowest BCUT2D eigenvalue weighted by atomic mass is 9.76.